The second-order valence-electron chi connectivity index (χ2n) is 6.64. The topological polar surface area (TPSA) is 98.3 Å². The minimum Gasteiger partial charge on any atom is -0.465 e. The number of benzene rings is 1. The number of rotatable bonds is 4. The average Bonchev–Trinajstić information content (AvgIpc) is 3.17. The molecular weight excluding hydrogens is 435 g/mol. The van der Waals surface area contributed by atoms with Crippen molar-refractivity contribution >= 4 is 45.6 Å². The number of hydrogen-bond donors (Lipinski definition) is 3. The maximum atomic E-state index is 12.9. The van der Waals surface area contributed by atoms with E-state index in [9.17, 15) is 9.59 Å². The monoisotopic (exact) mass is 456 g/mol. The summed E-state index contributed by atoms with van der Waals surface area (Å²) in [7, 11) is 0. The van der Waals surface area contributed by atoms with Crippen LogP contribution in [0, 0.1) is 9.49 Å². The molecule has 1 saturated heterocycles. The number of amides is 2. The van der Waals surface area contributed by atoms with Crippen LogP contribution in [0.15, 0.2) is 18.2 Å². The van der Waals surface area contributed by atoms with Crippen LogP contribution in [-0.4, -0.2) is 44.6 Å². The van der Waals surface area contributed by atoms with Gasteiger partial charge in [-0.2, -0.15) is 0 Å². The summed E-state index contributed by atoms with van der Waals surface area (Å²) in [5, 5.41) is 11.4. The molecule has 0 aliphatic carbocycles. The van der Waals surface area contributed by atoms with E-state index in [-0.39, 0.29) is 17.9 Å². The van der Waals surface area contributed by atoms with Gasteiger partial charge in [0.25, 0.3) is 0 Å². The lowest BCUT2D eigenvalue weighted by Gasteiger charge is -2.29. The molecule has 1 aliphatic rings. The van der Waals surface area contributed by atoms with Gasteiger partial charge in [-0.05, 0) is 59.5 Å². The summed E-state index contributed by atoms with van der Waals surface area (Å²) < 4.78 is 1.12. The SMILES string of the molecule is CC(C)C(NC(=O)O)C(=O)N1CCCC1c1nc2ccc(I)cc2[nH]1. The molecule has 0 saturated carbocycles. The number of halogens is 1. The van der Waals surface area contributed by atoms with Crippen LogP contribution in [-0.2, 0) is 4.79 Å². The van der Waals surface area contributed by atoms with Gasteiger partial charge < -0.3 is 20.3 Å². The summed E-state index contributed by atoms with van der Waals surface area (Å²) in [6.07, 6.45) is 0.518. The zero-order chi connectivity index (χ0) is 18.1. The standard InChI is InChI=1S/C17H21IN4O3/c1-9(2)14(21-17(24)25)16(23)22-7-3-4-13(22)15-19-11-6-5-10(18)8-12(11)20-15/h5-6,8-9,13-14,21H,3-4,7H2,1-2H3,(H,19,20)(H,24,25). The third kappa shape index (κ3) is 3.73. The van der Waals surface area contributed by atoms with E-state index < -0.39 is 12.1 Å². The molecule has 3 N–H and O–H groups in total. The number of aromatic amines is 1. The van der Waals surface area contributed by atoms with Crippen molar-refractivity contribution < 1.29 is 14.7 Å². The fraction of sp³-hybridized carbons (Fsp3) is 0.471. The van der Waals surface area contributed by atoms with E-state index in [1.165, 1.54) is 0 Å². The number of aromatic nitrogens is 2. The van der Waals surface area contributed by atoms with E-state index in [2.05, 4.69) is 37.9 Å². The average molecular weight is 456 g/mol. The van der Waals surface area contributed by atoms with Gasteiger partial charge in [-0.3, -0.25) is 4.79 Å². The van der Waals surface area contributed by atoms with Crippen LogP contribution >= 0.6 is 22.6 Å². The molecule has 2 heterocycles. The first-order valence-electron chi connectivity index (χ1n) is 8.32. The van der Waals surface area contributed by atoms with Crippen molar-refractivity contribution in [2.75, 3.05) is 6.54 Å². The summed E-state index contributed by atoms with van der Waals surface area (Å²) in [6, 6.07) is 5.09. The number of nitrogens with zero attached hydrogens (tertiary/aromatic N) is 2. The van der Waals surface area contributed by atoms with Crippen molar-refractivity contribution in [2.45, 2.75) is 38.8 Å². The van der Waals surface area contributed by atoms with Crippen molar-refractivity contribution in [3.63, 3.8) is 0 Å². The largest absolute Gasteiger partial charge is 0.465 e. The minimum atomic E-state index is -1.18. The van der Waals surface area contributed by atoms with E-state index in [0.29, 0.717) is 6.54 Å². The Labute approximate surface area is 159 Å². The molecule has 2 unspecified atom stereocenters. The molecule has 8 heteroatoms. The van der Waals surface area contributed by atoms with E-state index in [0.717, 1.165) is 33.3 Å². The van der Waals surface area contributed by atoms with Crippen LogP contribution in [0.4, 0.5) is 4.79 Å². The molecule has 2 atom stereocenters. The molecule has 1 aliphatic heterocycles. The first-order valence-corrected chi connectivity index (χ1v) is 9.40. The predicted octanol–water partition coefficient (Wildman–Crippen LogP) is 3.12. The number of likely N-dealkylation sites (tertiary alicyclic amines) is 1. The fourth-order valence-corrected chi connectivity index (χ4v) is 3.79. The lowest BCUT2D eigenvalue weighted by molar-refractivity contribution is -0.135. The minimum absolute atomic E-state index is 0.123. The number of carboxylic acid groups (broad SMARTS) is 1. The first kappa shape index (κ1) is 18.0. The van der Waals surface area contributed by atoms with Gasteiger partial charge in [-0.15, -0.1) is 0 Å². The zero-order valence-electron chi connectivity index (χ0n) is 14.1. The predicted molar refractivity (Wildman–Crippen MR) is 102 cm³/mol. The van der Waals surface area contributed by atoms with Crippen LogP contribution in [0.3, 0.4) is 0 Å². The number of carbonyl (C=O) groups excluding carboxylic acids is 1. The number of carbonyl (C=O) groups is 2. The molecule has 0 spiro atoms. The summed E-state index contributed by atoms with van der Waals surface area (Å²) >= 11 is 2.25. The van der Waals surface area contributed by atoms with Crippen molar-refractivity contribution in [1.29, 1.82) is 0 Å². The van der Waals surface area contributed by atoms with Crippen LogP contribution in [0.2, 0.25) is 0 Å². The van der Waals surface area contributed by atoms with E-state index in [4.69, 9.17) is 5.11 Å². The third-order valence-corrected chi connectivity index (χ3v) is 5.20. The highest BCUT2D eigenvalue weighted by molar-refractivity contribution is 14.1. The van der Waals surface area contributed by atoms with Crippen molar-refractivity contribution in [2.24, 2.45) is 5.92 Å². The molecule has 1 fully saturated rings. The lowest BCUT2D eigenvalue weighted by Crippen LogP contribution is -2.50. The van der Waals surface area contributed by atoms with Gasteiger partial charge in [0.05, 0.1) is 17.1 Å². The highest BCUT2D eigenvalue weighted by Crippen LogP contribution is 2.32. The first-order chi connectivity index (χ1) is 11.9. The molecule has 0 radical (unpaired) electrons. The fourth-order valence-electron chi connectivity index (χ4n) is 3.30. The van der Waals surface area contributed by atoms with Gasteiger partial charge >= 0.3 is 6.09 Å². The second-order valence-corrected chi connectivity index (χ2v) is 7.89. The van der Waals surface area contributed by atoms with Crippen LogP contribution in [0.5, 0.6) is 0 Å². The Hall–Kier alpha value is -1.84. The number of H-pyrrole nitrogens is 1. The molecule has 25 heavy (non-hydrogen) atoms. The van der Waals surface area contributed by atoms with Gasteiger partial charge in [0, 0.05) is 10.1 Å². The van der Waals surface area contributed by atoms with E-state index in [1.807, 2.05) is 32.0 Å². The Morgan fingerprint density at radius 1 is 1.44 bits per heavy atom. The normalized spacial score (nSPS) is 18.7. The smallest absolute Gasteiger partial charge is 0.405 e. The summed E-state index contributed by atoms with van der Waals surface area (Å²) in [4.78, 5) is 33.7. The van der Waals surface area contributed by atoms with Crippen molar-refractivity contribution in [1.82, 2.24) is 20.2 Å². The maximum absolute atomic E-state index is 12.9. The number of fused-ring (bicyclic) bond motifs is 1. The summed E-state index contributed by atoms with van der Waals surface area (Å²) in [5.74, 6) is 0.456. The van der Waals surface area contributed by atoms with Crippen LogP contribution in [0.25, 0.3) is 11.0 Å². The van der Waals surface area contributed by atoms with Gasteiger partial charge in [0.1, 0.15) is 11.9 Å². The molecule has 2 aromatic rings. The Bertz CT molecular complexity index is 804. The number of imidazole rings is 1. The van der Waals surface area contributed by atoms with Crippen LogP contribution in [0.1, 0.15) is 38.6 Å². The van der Waals surface area contributed by atoms with Crippen molar-refractivity contribution in [3.8, 4) is 0 Å². The quantitative estimate of drug-likeness (QED) is 0.616. The zero-order valence-corrected chi connectivity index (χ0v) is 16.3. The summed E-state index contributed by atoms with van der Waals surface area (Å²) in [5.41, 5.74) is 1.82. The maximum Gasteiger partial charge on any atom is 0.405 e. The molecule has 7 nitrogen and oxygen atoms in total. The summed E-state index contributed by atoms with van der Waals surface area (Å²) in [6.45, 7) is 4.29. The van der Waals surface area contributed by atoms with Gasteiger partial charge in [0.15, 0.2) is 0 Å². The Morgan fingerprint density at radius 2 is 2.20 bits per heavy atom. The third-order valence-electron chi connectivity index (χ3n) is 4.53. The van der Waals surface area contributed by atoms with Gasteiger partial charge in [-0.1, -0.05) is 13.8 Å². The molecule has 134 valence electrons. The molecule has 0 bridgehead atoms. The van der Waals surface area contributed by atoms with Crippen molar-refractivity contribution in [3.05, 3.63) is 27.6 Å². The molecule has 3 rings (SSSR count). The molecule has 1 aromatic heterocycles. The molecular formula is C17H21IN4O3. The Kier molecular flexibility index (Phi) is 5.16. The highest BCUT2D eigenvalue weighted by Gasteiger charge is 2.37. The second kappa shape index (κ2) is 7.19. The lowest BCUT2D eigenvalue weighted by atomic mass is 10.0. The molecule has 1 aromatic carbocycles. The number of nitrogens with one attached hydrogen (secondary N) is 2. The number of hydrogen-bond acceptors (Lipinski definition) is 3. The Morgan fingerprint density at radius 3 is 2.88 bits per heavy atom. The Balaban J connectivity index is 1.87. The highest BCUT2D eigenvalue weighted by atomic mass is 127. The van der Waals surface area contributed by atoms with Gasteiger partial charge in [-0.25, -0.2) is 9.78 Å². The molecule has 2 amide bonds. The van der Waals surface area contributed by atoms with E-state index >= 15 is 0 Å². The van der Waals surface area contributed by atoms with Gasteiger partial charge in [0.2, 0.25) is 5.91 Å². The van der Waals surface area contributed by atoms with Crippen LogP contribution < -0.4 is 5.32 Å². The van der Waals surface area contributed by atoms with E-state index in [1.54, 1.807) is 4.90 Å².